The number of carbonyl (C=O) groups is 5. The van der Waals surface area contributed by atoms with Crippen LogP contribution in [-0.4, -0.2) is 101 Å². The van der Waals surface area contributed by atoms with Gasteiger partial charge in [0.05, 0.1) is 31.6 Å². The Morgan fingerprint density at radius 1 is 0.971 bits per heavy atom. The predicted molar refractivity (Wildman–Crippen MR) is 230 cm³/mol. The summed E-state index contributed by atoms with van der Waals surface area (Å²) < 4.78 is 107. The first kappa shape index (κ1) is 49.8. The molecule has 8 rings (SSSR count). The Bertz CT molecular complexity index is 2650. The van der Waals surface area contributed by atoms with Crippen molar-refractivity contribution in [1.29, 1.82) is 0 Å². The molecule has 3 saturated carbocycles. The van der Waals surface area contributed by atoms with Crippen LogP contribution in [-0.2, 0) is 62.4 Å². The van der Waals surface area contributed by atoms with Crippen LogP contribution in [0.2, 0.25) is 0 Å². The van der Waals surface area contributed by atoms with Crippen molar-refractivity contribution < 1.29 is 88.7 Å². The number of nitrogens with one attached hydrogen (secondary N) is 1. The van der Waals surface area contributed by atoms with Crippen molar-refractivity contribution in [3.05, 3.63) is 95.4 Å². The van der Waals surface area contributed by atoms with Crippen molar-refractivity contribution in [3.8, 4) is 5.75 Å². The number of nitrogens with zero attached hydrogens (tertiary/aromatic N) is 1. The second-order valence-corrected chi connectivity index (χ2v) is 21.4. The number of aryl methyl sites for hydroxylation is 1. The molecule has 2 heterocycles. The number of phosphoric ester groups is 2. The van der Waals surface area contributed by atoms with E-state index in [0.29, 0.717) is 11.3 Å². The number of methoxy groups -OCH3 is 1. The Labute approximate surface area is 387 Å². The molecular weight excluding hydrogens is 943 g/mol. The van der Waals surface area contributed by atoms with Gasteiger partial charge in [-0.2, -0.15) is 4.31 Å². The Balaban J connectivity index is 0.925. The molecule has 366 valence electrons. The number of allylic oxidation sites excluding steroid dienone is 4. The van der Waals surface area contributed by atoms with Gasteiger partial charge in [0.15, 0.2) is 29.1 Å². The lowest BCUT2D eigenvalue weighted by atomic mass is 9.38. The normalized spacial score (nSPS) is 35.4. The van der Waals surface area contributed by atoms with Crippen LogP contribution in [0, 0.1) is 28.0 Å². The molecule has 4 aliphatic carbocycles. The molecule has 3 amide bonds. The van der Waals surface area contributed by atoms with Gasteiger partial charge in [-0.25, -0.2) is 27.2 Å². The number of amides is 3. The number of benzene rings is 2. The number of ketones is 2. The number of Topliss-reactive ketones (excluding diaryl/α,β-unsaturated/α-hetero) is 1. The minimum absolute atomic E-state index is 0.111. The summed E-state index contributed by atoms with van der Waals surface area (Å²) in [5, 5.41) is 14.5. The van der Waals surface area contributed by atoms with Gasteiger partial charge in [0, 0.05) is 53.0 Å². The van der Waals surface area contributed by atoms with Crippen LogP contribution in [0.5, 0.6) is 5.75 Å². The maximum absolute atomic E-state index is 18.3. The zero-order chi connectivity index (χ0) is 49.4. The number of fused-ring (bicyclic) bond motifs is 7. The molecule has 0 bridgehead atoms. The number of alkyl halides is 2. The lowest BCUT2D eigenvalue weighted by molar-refractivity contribution is -0.269. The molecule has 0 aromatic heterocycles. The number of halogens is 3. The van der Waals surface area contributed by atoms with E-state index in [4.69, 9.17) is 23.3 Å². The van der Waals surface area contributed by atoms with E-state index in [2.05, 4.69) is 9.63 Å². The minimum atomic E-state index is -5.67. The third kappa shape index (κ3) is 8.07. The number of carbonyl (C=O) groups excluding carboxylic acids is 5. The van der Waals surface area contributed by atoms with Gasteiger partial charge < -0.3 is 34.4 Å². The van der Waals surface area contributed by atoms with Gasteiger partial charge in [-0.05, 0) is 80.0 Å². The summed E-state index contributed by atoms with van der Waals surface area (Å²) in [6.07, 6.45) is -2.05. The highest BCUT2D eigenvalue weighted by molar-refractivity contribution is 7.61. The highest BCUT2D eigenvalue weighted by Crippen LogP contribution is 2.77. The summed E-state index contributed by atoms with van der Waals surface area (Å²) >= 11 is 0. The van der Waals surface area contributed by atoms with Gasteiger partial charge in [0.1, 0.15) is 24.3 Å². The summed E-state index contributed by atoms with van der Waals surface area (Å²) in [4.78, 5) is 85.7. The topological polar surface area (TPSA) is 251 Å². The van der Waals surface area contributed by atoms with Gasteiger partial charge in [-0.1, -0.05) is 38.1 Å². The molecule has 2 unspecified atom stereocenters. The monoisotopic (exact) mass is 992 g/mol. The largest absolute Gasteiger partial charge is 0.496 e. The molecule has 2 aromatic rings. The zero-order valence-electron chi connectivity index (χ0n) is 37.1. The Hall–Kier alpha value is -4.66. The summed E-state index contributed by atoms with van der Waals surface area (Å²) in [5.74, 6) is -4.63. The first-order chi connectivity index (χ1) is 31.8. The third-order valence-corrected chi connectivity index (χ3v) is 17.3. The standard InChI is InChI=1S/C45H49F3N2O16P2/c1-41-15-14-29(51)20-30(41)31(47)22-43(3)33-21-36-44(42(33,2)23-34(52)45(41,43)48,65-40(64-36)26-6-5-7-27(46)18-26)35(53)24-63-68(59,60)66-67(57,58)62-17-16-49-37(54)11-9-25-8-10-28(19-32(25)61-4)50-38(55)12-13-39(50)56/h5-8,10,12-15,18-20,31,33-34,36,40,52H,9,11,16-17,21-24H2,1-4H3,(H,49,54)(H,57,58)(H,59,60)/t31-,33+,34-,36+,40+,41-,42-,43-,44+,45-/m0/s1. The fourth-order valence-corrected chi connectivity index (χ4v) is 13.8. The second kappa shape index (κ2) is 17.6. The number of imide groups is 1. The molecule has 2 aromatic carbocycles. The van der Waals surface area contributed by atoms with Crippen LogP contribution in [0.3, 0.4) is 0 Å². The van der Waals surface area contributed by atoms with Crippen LogP contribution >= 0.6 is 15.6 Å². The summed E-state index contributed by atoms with van der Waals surface area (Å²) in [5.41, 5.74) is -9.27. The van der Waals surface area contributed by atoms with E-state index >= 15 is 8.78 Å². The SMILES string of the molecule is COc1cc(N2C(=O)C=CC2=O)ccc1CCC(=O)NCCOP(=O)(O)OP(=O)(O)OCC(=O)[C@@]12O[C@H](c3cccc(F)c3)O[C@@H]1C[C@H]1[C@]3(C)C[C@H](F)C4=CC(=O)C=C[C@]4(C)[C@@]3(F)[C@@H](O)C[C@@]12C. The Kier molecular flexibility index (Phi) is 12.9. The third-order valence-electron chi connectivity index (χ3n) is 14.7. The first-order valence-corrected chi connectivity index (χ1v) is 24.6. The highest BCUT2D eigenvalue weighted by atomic mass is 31.3. The first-order valence-electron chi connectivity index (χ1n) is 21.6. The van der Waals surface area contributed by atoms with E-state index in [9.17, 15) is 52.4 Å². The molecule has 4 N–H and O–H groups in total. The van der Waals surface area contributed by atoms with E-state index in [1.807, 2.05) is 0 Å². The molecule has 12 atom stereocenters. The van der Waals surface area contributed by atoms with Gasteiger partial charge in [-0.3, -0.25) is 33.0 Å². The van der Waals surface area contributed by atoms with Crippen LogP contribution in [0.15, 0.2) is 78.4 Å². The maximum Gasteiger partial charge on any atom is 0.481 e. The van der Waals surface area contributed by atoms with E-state index in [1.165, 1.54) is 58.2 Å². The lowest BCUT2D eigenvalue weighted by Crippen LogP contribution is -2.74. The van der Waals surface area contributed by atoms with Gasteiger partial charge >= 0.3 is 15.6 Å². The maximum atomic E-state index is 18.3. The molecule has 2 aliphatic heterocycles. The number of hydrogen-bond acceptors (Lipinski definition) is 14. The van der Waals surface area contributed by atoms with Crippen molar-refractivity contribution >= 4 is 50.6 Å². The Morgan fingerprint density at radius 2 is 1.68 bits per heavy atom. The molecule has 0 radical (unpaired) electrons. The van der Waals surface area contributed by atoms with Crippen molar-refractivity contribution in [3.63, 3.8) is 0 Å². The average molecular weight is 993 g/mol. The molecule has 1 saturated heterocycles. The van der Waals surface area contributed by atoms with Crippen molar-refractivity contribution in [1.82, 2.24) is 5.32 Å². The lowest BCUT2D eigenvalue weighted by Gasteiger charge is -2.68. The fraction of sp³-hybridized carbons (Fsp3) is 0.489. The fourth-order valence-electron chi connectivity index (χ4n) is 11.8. The predicted octanol–water partition coefficient (Wildman–Crippen LogP) is 5.30. The van der Waals surface area contributed by atoms with Crippen LogP contribution in [0.4, 0.5) is 18.9 Å². The van der Waals surface area contributed by atoms with E-state index in [0.717, 1.165) is 41.3 Å². The second-order valence-electron chi connectivity index (χ2n) is 18.4. The van der Waals surface area contributed by atoms with Crippen molar-refractivity contribution in [2.45, 2.75) is 88.8 Å². The summed E-state index contributed by atoms with van der Waals surface area (Å²) in [7, 11) is -9.75. The minimum Gasteiger partial charge on any atom is -0.496 e. The van der Waals surface area contributed by atoms with Gasteiger partial charge in [0.25, 0.3) is 11.8 Å². The van der Waals surface area contributed by atoms with Gasteiger partial charge in [0.2, 0.25) is 5.91 Å². The number of anilines is 1. The van der Waals surface area contributed by atoms with Crippen LogP contribution in [0.1, 0.15) is 63.9 Å². The van der Waals surface area contributed by atoms with Gasteiger partial charge in [-0.15, -0.1) is 0 Å². The van der Waals surface area contributed by atoms with E-state index in [1.54, 1.807) is 6.07 Å². The average Bonchev–Trinajstić information content (AvgIpc) is 3.91. The van der Waals surface area contributed by atoms with Crippen molar-refractivity contribution in [2.24, 2.45) is 22.2 Å². The molecule has 6 aliphatic rings. The van der Waals surface area contributed by atoms with Crippen LogP contribution in [0.25, 0.3) is 0 Å². The zero-order valence-corrected chi connectivity index (χ0v) is 38.9. The molecule has 23 heteroatoms. The molecular formula is C45H49F3N2O16P2. The summed E-state index contributed by atoms with van der Waals surface area (Å²) in [6, 6.07) is 9.62. The molecule has 68 heavy (non-hydrogen) atoms. The smallest absolute Gasteiger partial charge is 0.481 e. The highest BCUT2D eigenvalue weighted by Gasteiger charge is 2.83. The summed E-state index contributed by atoms with van der Waals surface area (Å²) in [6.45, 7) is 1.94. The van der Waals surface area contributed by atoms with E-state index < -0.39 is 135 Å². The number of aliphatic hydroxyl groups excluding tert-OH is 1. The number of ether oxygens (including phenoxy) is 3. The van der Waals surface area contributed by atoms with E-state index in [-0.39, 0.29) is 42.6 Å². The number of phosphoric acid groups is 2. The number of aliphatic hydroxyl groups is 1. The quantitative estimate of drug-likeness (QED) is 0.0946. The molecule has 4 fully saturated rings. The molecule has 0 spiro atoms. The Morgan fingerprint density at radius 3 is 2.37 bits per heavy atom. The number of rotatable bonds is 16. The van der Waals surface area contributed by atoms with Crippen LogP contribution < -0.4 is 15.0 Å². The molecule has 18 nitrogen and oxygen atoms in total. The van der Waals surface area contributed by atoms with Crippen molar-refractivity contribution in [2.75, 3.05) is 31.8 Å². The number of hydrogen-bond donors (Lipinski definition) is 4.